The van der Waals surface area contributed by atoms with Gasteiger partial charge in [0.15, 0.2) is 0 Å². The molecular formula is C13H8ClIN3NaO2S. The molecule has 0 aliphatic rings. The predicted molar refractivity (Wildman–Crippen MR) is 87.9 cm³/mol. The topological polar surface area (TPSA) is 64.8 Å². The molecule has 1 aromatic carbocycles. The minimum Gasteiger partial charge on any atom is -0.341 e. The smallest absolute Gasteiger partial charge is 0.341 e. The van der Waals surface area contributed by atoms with Crippen LogP contribution in [0, 0.1) is 16.7 Å². The van der Waals surface area contributed by atoms with Crippen molar-refractivity contribution in [3.05, 3.63) is 50.9 Å². The number of rotatable bonds is 2. The number of aromatic nitrogens is 3. The van der Waals surface area contributed by atoms with Gasteiger partial charge in [0.1, 0.15) is 5.15 Å². The summed E-state index contributed by atoms with van der Waals surface area (Å²) >= 11 is 7.76. The molecule has 0 saturated heterocycles. The van der Waals surface area contributed by atoms with Gasteiger partial charge in [-0.3, -0.25) is 0 Å². The number of fused-ring (bicyclic) bond motifs is 1. The monoisotopic (exact) mass is 455 g/mol. The van der Waals surface area contributed by atoms with E-state index in [9.17, 15) is 8.42 Å². The van der Waals surface area contributed by atoms with Crippen LogP contribution < -0.4 is 29.6 Å². The van der Waals surface area contributed by atoms with Crippen LogP contribution in [0.15, 0.2) is 35.4 Å². The SMILES string of the molecule is Cc1ccc(S(=O)(=O)n2[c-]c(I)c3nc(Cl)cnc32)cc1.[Na+]. The van der Waals surface area contributed by atoms with Gasteiger partial charge in [-0.05, 0) is 24.6 Å². The molecule has 0 aliphatic carbocycles. The van der Waals surface area contributed by atoms with Crippen molar-refractivity contribution in [1.82, 2.24) is 13.9 Å². The Morgan fingerprint density at radius 1 is 1.27 bits per heavy atom. The number of nitrogens with zero attached hydrogens (tertiary/aromatic N) is 3. The van der Waals surface area contributed by atoms with Crippen molar-refractivity contribution in [1.29, 1.82) is 0 Å². The maximum atomic E-state index is 12.7. The largest absolute Gasteiger partial charge is 1.00 e. The summed E-state index contributed by atoms with van der Waals surface area (Å²) in [5, 5.41) is 0.208. The molecule has 0 radical (unpaired) electrons. The Hall–Kier alpha value is -0.190. The predicted octanol–water partition coefficient (Wildman–Crippen LogP) is 0.0389. The molecule has 0 spiro atoms. The Balaban J connectivity index is 0.00000176. The van der Waals surface area contributed by atoms with E-state index in [0.717, 1.165) is 9.54 Å². The van der Waals surface area contributed by atoms with Crippen LogP contribution in [0.3, 0.4) is 0 Å². The second kappa shape index (κ2) is 6.74. The average Bonchev–Trinajstić information content (AvgIpc) is 2.77. The van der Waals surface area contributed by atoms with Crippen molar-refractivity contribution in [2.24, 2.45) is 0 Å². The molecule has 108 valence electrons. The van der Waals surface area contributed by atoms with Crippen LogP contribution in [0.5, 0.6) is 0 Å². The fourth-order valence-electron chi connectivity index (χ4n) is 1.84. The van der Waals surface area contributed by atoms with Gasteiger partial charge in [-0.15, -0.1) is 0 Å². The third-order valence-electron chi connectivity index (χ3n) is 2.88. The molecule has 2 heterocycles. The zero-order chi connectivity index (χ0) is 15.2. The summed E-state index contributed by atoms with van der Waals surface area (Å²) in [4.78, 5) is 8.34. The second-order valence-corrected chi connectivity index (χ2v) is 7.63. The fourth-order valence-corrected chi connectivity index (χ4v) is 4.01. The quantitative estimate of drug-likeness (QED) is 0.311. The molecule has 3 rings (SSSR count). The Morgan fingerprint density at radius 2 is 1.91 bits per heavy atom. The van der Waals surface area contributed by atoms with Gasteiger partial charge >= 0.3 is 29.6 Å². The van der Waals surface area contributed by atoms with E-state index >= 15 is 0 Å². The van der Waals surface area contributed by atoms with E-state index in [1.165, 1.54) is 6.20 Å². The van der Waals surface area contributed by atoms with Gasteiger partial charge in [-0.2, -0.15) is 0 Å². The molecule has 9 heteroatoms. The fraction of sp³-hybridized carbons (Fsp3) is 0.0769. The molecule has 0 atom stereocenters. The van der Waals surface area contributed by atoms with E-state index in [0.29, 0.717) is 9.09 Å². The van der Waals surface area contributed by atoms with Gasteiger partial charge in [-0.1, -0.05) is 61.7 Å². The maximum absolute atomic E-state index is 12.7. The van der Waals surface area contributed by atoms with Gasteiger partial charge in [0.2, 0.25) is 10.0 Å². The summed E-state index contributed by atoms with van der Waals surface area (Å²) in [5.41, 5.74) is 1.61. The molecule has 0 N–H and O–H groups in total. The molecule has 3 aromatic rings. The third-order valence-corrected chi connectivity index (χ3v) is 5.43. The minimum atomic E-state index is -3.76. The molecule has 5 nitrogen and oxygen atoms in total. The van der Waals surface area contributed by atoms with Crippen LogP contribution in [0.4, 0.5) is 0 Å². The van der Waals surface area contributed by atoms with Crippen molar-refractivity contribution in [3.8, 4) is 0 Å². The average molecular weight is 456 g/mol. The Bertz CT molecular complexity index is 942. The second-order valence-electron chi connectivity index (χ2n) is 4.37. The standard InChI is InChI=1S/C13H8ClIN3O2S.Na/c1-8-2-4-9(5-3-8)21(19,20)18-7-10(15)12-13(18)16-6-11(14)17-12;/h2-6H,1H3;/q-1;+1. The van der Waals surface area contributed by atoms with Crippen molar-refractivity contribution in [2.75, 3.05) is 0 Å². The molecule has 0 aliphatic heterocycles. The number of hydrogen-bond acceptors (Lipinski definition) is 4. The van der Waals surface area contributed by atoms with Crippen LogP contribution in [0.2, 0.25) is 5.15 Å². The normalized spacial score (nSPS) is 11.4. The Morgan fingerprint density at radius 3 is 2.55 bits per heavy atom. The van der Waals surface area contributed by atoms with Gasteiger partial charge in [0, 0.05) is 11.8 Å². The molecule has 0 unspecified atom stereocenters. The Labute approximate surface area is 168 Å². The summed E-state index contributed by atoms with van der Waals surface area (Å²) in [6.07, 6.45) is 4.08. The zero-order valence-corrected chi connectivity index (χ0v) is 17.4. The molecule has 0 amide bonds. The van der Waals surface area contributed by atoms with Crippen LogP contribution in [-0.4, -0.2) is 22.4 Å². The number of halogens is 2. The van der Waals surface area contributed by atoms with Crippen molar-refractivity contribution in [3.63, 3.8) is 0 Å². The number of benzene rings is 1. The van der Waals surface area contributed by atoms with E-state index < -0.39 is 10.0 Å². The van der Waals surface area contributed by atoms with E-state index in [1.807, 2.05) is 29.5 Å². The summed E-state index contributed by atoms with van der Waals surface area (Å²) < 4.78 is 26.9. The van der Waals surface area contributed by atoms with Gasteiger partial charge in [0.25, 0.3) is 0 Å². The van der Waals surface area contributed by atoms with Crippen LogP contribution in [-0.2, 0) is 10.0 Å². The Kier molecular flexibility index (Phi) is 5.56. The van der Waals surface area contributed by atoms with Gasteiger partial charge in [-0.25, -0.2) is 8.42 Å². The summed E-state index contributed by atoms with van der Waals surface area (Å²) in [7, 11) is -3.76. The molecule has 2 aromatic heterocycles. The third kappa shape index (κ3) is 3.20. The van der Waals surface area contributed by atoms with Crippen LogP contribution >= 0.6 is 34.2 Å². The minimum absolute atomic E-state index is 0. The first-order valence-electron chi connectivity index (χ1n) is 5.83. The van der Waals surface area contributed by atoms with E-state index in [-0.39, 0.29) is 45.3 Å². The van der Waals surface area contributed by atoms with Crippen molar-refractivity contribution < 1.29 is 38.0 Å². The van der Waals surface area contributed by atoms with Crippen molar-refractivity contribution in [2.45, 2.75) is 11.8 Å². The first-order valence-corrected chi connectivity index (χ1v) is 8.73. The van der Waals surface area contributed by atoms with E-state index in [4.69, 9.17) is 11.6 Å². The first kappa shape index (κ1) is 18.2. The van der Waals surface area contributed by atoms with E-state index in [1.54, 1.807) is 24.3 Å². The number of aryl methyl sites for hydroxylation is 1. The summed E-state index contributed by atoms with van der Waals surface area (Å²) in [6, 6.07) is 6.60. The maximum Gasteiger partial charge on any atom is 1.00 e. The first-order chi connectivity index (χ1) is 9.89. The zero-order valence-electron chi connectivity index (χ0n) is 11.7. The molecular weight excluding hydrogens is 448 g/mol. The van der Waals surface area contributed by atoms with Crippen molar-refractivity contribution >= 4 is 55.4 Å². The van der Waals surface area contributed by atoms with Crippen LogP contribution in [0.25, 0.3) is 11.2 Å². The van der Waals surface area contributed by atoms with E-state index in [2.05, 4.69) is 16.2 Å². The van der Waals surface area contributed by atoms with Gasteiger partial charge < -0.3 is 13.9 Å². The molecule has 22 heavy (non-hydrogen) atoms. The van der Waals surface area contributed by atoms with Crippen LogP contribution in [0.1, 0.15) is 5.56 Å². The molecule has 0 bridgehead atoms. The molecule has 0 fully saturated rings. The molecule has 0 saturated carbocycles. The number of hydrogen-bond donors (Lipinski definition) is 0. The summed E-state index contributed by atoms with van der Waals surface area (Å²) in [6.45, 7) is 1.89. The summed E-state index contributed by atoms with van der Waals surface area (Å²) in [5.74, 6) is 0. The van der Waals surface area contributed by atoms with Gasteiger partial charge in [0.05, 0.1) is 4.90 Å².